The van der Waals surface area contributed by atoms with Crippen LogP contribution in [0.3, 0.4) is 0 Å². The zero-order valence-corrected chi connectivity index (χ0v) is 11.5. The van der Waals surface area contributed by atoms with Gasteiger partial charge in [0.25, 0.3) is 0 Å². The zero-order valence-electron chi connectivity index (χ0n) is 11.5. The van der Waals surface area contributed by atoms with Gasteiger partial charge in [0.05, 0.1) is 7.11 Å². The van der Waals surface area contributed by atoms with E-state index in [0.29, 0.717) is 0 Å². The molecule has 1 aliphatic heterocycles. The Kier molecular flexibility index (Phi) is 4.82. The van der Waals surface area contributed by atoms with E-state index in [-0.39, 0.29) is 0 Å². The summed E-state index contributed by atoms with van der Waals surface area (Å²) < 4.78 is 5.26. The van der Waals surface area contributed by atoms with Crippen LogP contribution in [0.4, 0.5) is 0 Å². The van der Waals surface area contributed by atoms with E-state index in [2.05, 4.69) is 30.0 Å². The maximum Gasteiger partial charge on any atom is 0.119 e. The second-order valence-corrected chi connectivity index (χ2v) is 4.98. The number of rotatable bonds is 4. The minimum Gasteiger partial charge on any atom is -0.497 e. The molecule has 0 N–H and O–H groups in total. The van der Waals surface area contributed by atoms with E-state index in [1.165, 1.54) is 43.5 Å². The summed E-state index contributed by atoms with van der Waals surface area (Å²) in [6.07, 6.45) is 6.44. The highest BCUT2D eigenvalue weighted by molar-refractivity contribution is 5.65. The molecule has 0 atom stereocenters. The summed E-state index contributed by atoms with van der Waals surface area (Å²) in [4.78, 5) is 2.53. The second-order valence-electron chi connectivity index (χ2n) is 4.98. The monoisotopic (exact) mass is 245 g/mol. The van der Waals surface area contributed by atoms with Crippen LogP contribution in [0.2, 0.25) is 0 Å². The predicted molar refractivity (Wildman–Crippen MR) is 76.9 cm³/mol. The van der Waals surface area contributed by atoms with Crippen molar-refractivity contribution in [2.24, 2.45) is 0 Å². The Morgan fingerprint density at radius 3 is 2.78 bits per heavy atom. The third kappa shape index (κ3) is 3.61. The highest BCUT2D eigenvalue weighted by atomic mass is 16.5. The number of piperidine rings is 1. The first-order valence-electron chi connectivity index (χ1n) is 6.83. The molecule has 0 saturated carbocycles. The first kappa shape index (κ1) is 13.2. The summed E-state index contributed by atoms with van der Waals surface area (Å²) in [5.41, 5.74) is 2.59. The van der Waals surface area contributed by atoms with Crippen LogP contribution in [-0.4, -0.2) is 31.6 Å². The van der Waals surface area contributed by atoms with Crippen LogP contribution in [0.5, 0.6) is 5.75 Å². The molecule has 2 rings (SSSR count). The average Bonchev–Trinajstić information content (AvgIpc) is 2.46. The molecule has 0 bridgehead atoms. The van der Waals surface area contributed by atoms with Gasteiger partial charge >= 0.3 is 0 Å². The van der Waals surface area contributed by atoms with Crippen LogP contribution in [-0.2, 0) is 0 Å². The van der Waals surface area contributed by atoms with Crippen molar-refractivity contribution in [2.75, 3.05) is 26.7 Å². The van der Waals surface area contributed by atoms with Crippen molar-refractivity contribution in [1.29, 1.82) is 0 Å². The Bertz CT molecular complexity index is 405. The number of allylic oxidation sites excluding steroid dienone is 1. The van der Waals surface area contributed by atoms with Crippen molar-refractivity contribution in [3.05, 3.63) is 35.9 Å². The topological polar surface area (TPSA) is 12.5 Å². The normalized spacial score (nSPS) is 17.8. The molecule has 18 heavy (non-hydrogen) atoms. The van der Waals surface area contributed by atoms with E-state index in [0.717, 1.165) is 12.3 Å². The number of benzene rings is 1. The molecule has 0 aliphatic carbocycles. The number of methoxy groups -OCH3 is 1. The highest BCUT2D eigenvalue weighted by Gasteiger charge is 2.08. The predicted octanol–water partition coefficient (Wildman–Crippen LogP) is 3.58. The zero-order chi connectivity index (χ0) is 12.8. The van der Waals surface area contributed by atoms with Crippen LogP contribution in [0.15, 0.2) is 30.3 Å². The lowest BCUT2D eigenvalue weighted by Crippen LogP contribution is -2.29. The fourth-order valence-electron chi connectivity index (χ4n) is 2.39. The first-order valence-corrected chi connectivity index (χ1v) is 6.83. The number of hydrogen-bond donors (Lipinski definition) is 0. The second kappa shape index (κ2) is 6.60. The minimum absolute atomic E-state index is 0.929. The van der Waals surface area contributed by atoms with Crippen molar-refractivity contribution in [2.45, 2.75) is 26.2 Å². The van der Waals surface area contributed by atoms with Gasteiger partial charge in [0.1, 0.15) is 5.75 Å². The van der Waals surface area contributed by atoms with Crippen LogP contribution in [0.25, 0.3) is 5.57 Å². The molecular formula is C16H23NO. The lowest BCUT2D eigenvalue weighted by atomic mass is 10.1. The van der Waals surface area contributed by atoms with Gasteiger partial charge in [-0.3, -0.25) is 4.90 Å². The molecule has 0 aromatic heterocycles. The maximum atomic E-state index is 5.26. The van der Waals surface area contributed by atoms with E-state index in [9.17, 15) is 0 Å². The molecule has 0 radical (unpaired) electrons. The Labute approximate surface area is 110 Å². The number of ether oxygens (including phenoxy) is 1. The molecular weight excluding hydrogens is 222 g/mol. The van der Waals surface area contributed by atoms with Crippen LogP contribution < -0.4 is 4.74 Å². The molecule has 1 aliphatic rings. The molecule has 2 heteroatoms. The third-order valence-electron chi connectivity index (χ3n) is 3.63. The van der Waals surface area contributed by atoms with Gasteiger partial charge in [-0.25, -0.2) is 0 Å². The molecule has 0 unspecified atom stereocenters. The third-order valence-corrected chi connectivity index (χ3v) is 3.63. The van der Waals surface area contributed by atoms with E-state index in [4.69, 9.17) is 4.74 Å². The lowest BCUT2D eigenvalue weighted by Gasteiger charge is -2.25. The number of hydrogen-bond acceptors (Lipinski definition) is 2. The molecule has 1 aromatic rings. The van der Waals surface area contributed by atoms with E-state index >= 15 is 0 Å². The SMILES string of the molecule is COc1cccc(/C(C)=C/CN2CCCCC2)c1. The Morgan fingerprint density at radius 1 is 1.28 bits per heavy atom. The molecule has 0 amide bonds. The summed E-state index contributed by atoms with van der Waals surface area (Å²) >= 11 is 0. The van der Waals surface area contributed by atoms with Gasteiger partial charge in [-0.05, 0) is 56.1 Å². The summed E-state index contributed by atoms with van der Waals surface area (Å²) in [6, 6.07) is 8.28. The average molecular weight is 245 g/mol. The Morgan fingerprint density at radius 2 is 2.06 bits per heavy atom. The van der Waals surface area contributed by atoms with Gasteiger partial charge in [0.2, 0.25) is 0 Å². The molecule has 2 nitrogen and oxygen atoms in total. The van der Waals surface area contributed by atoms with Crippen LogP contribution in [0, 0.1) is 0 Å². The van der Waals surface area contributed by atoms with E-state index < -0.39 is 0 Å². The van der Waals surface area contributed by atoms with Gasteiger partial charge < -0.3 is 4.74 Å². The molecule has 1 saturated heterocycles. The summed E-state index contributed by atoms with van der Waals surface area (Å²) in [7, 11) is 1.71. The molecule has 1 fully saturated rings. The van der Waals surface area contributed by atoms with Crippen molar-refractivity contribution in [3.8, 4) is 5.75 Å². The van der Waals surface area contributed by atoms with Crippen molar-refractivity contribution in [3.63, 3.8) is 0 Å². The van der Waals surface area contributed by atoms with Gasteiger partial charge in [-0.1, -0.05) is 24.6 Å². The van der Waals surface area contributed by atoms with Gasteiger partial charge in [0.15, 0.2) is 0 Å². The first-order chi connectivity index (χ1) is 8.79. The molecule has 98 valence electrons. The van der Waals surface area contributed by atoms with E-state index in [1.54, 1.807) is 7.11 Å². The smallest absolute Gasteiger partial charge is 0.119 e. The summed E-state index contributed by atoms with van der Waals surface area (Å²) in [6.45, 7) is 5.76. The summed E-state index contributed by atoms with van der Waals surface area (Å²) in [5, 5.41) is 0. The quantitative estimate of drug-likeness (QED) is 0.804. The van der Waals surface area contributed by atoms with Gasteiger partial charge in [-0.2, -0.15) is 0 Å². The maximum absolute atomic E-state index is 5.26. The fourth-order valence-corrected chi connectivity index (χ4v) is 2.39. The number of nitrogens with zero attached hydrogens (tertiary/aromatic N) is 1. The molecule has 1 heterocycles. The lowest BCUT2D eigenvalue weighted by molar-refractivity contribution is 0.251. The largest absolute Gasteiger partial charge is 0.497 e. The number of likely N-dealkylation sites (tertiary alicyclic amines) is 1. The fraction of sp³-hybridized carbons (Fsp3) is 0.500. The minimum atomic E-state index is 0.929. The highest BCUT2D eigenvalue weighted by Crippen LogP contribution is 2.20. The molecule has 0 spiro atoms. The standard InChI is InChI=1S/C16H23NO/c1-14(9-12-17-10-4-3-5-11-17)15-7-6-8-16(13-15)18-2/h6-9,13H,3-5,10-12H2,1-2H3/b14-9+. The Balaban J connectivity index is 1.98. The van der Waals surface area contributed by atoms with E-state index in [1.807, 2.05) is 12.1 Å². The Hall–Kier alpha value is -1.28. The van der Waals surface area contributed by atoms with Gasteiger partial charge in [-0.15, -0.1) is 0 Å². The van der Waals surface area contributed by atoms with Crippen molar-refractivity contribution in [1.82, 2.24) is 4.90 Å². The van der Waals surface area contributed by atoms with Crippen molar-refractivity contribution >= 4 is 5.57 Å². The van der Waals surface area contributed by atoms with Crippen LogP contribution >= 0.6 is 0 Å². The van der Waals surface area contributed by atoms with Crippen LogP contribution in [0.1, 0.15) is 31.7 Å². The molecule has 1 aromatic carbocycles. The summed E-state index contributed by atoms with van der Waals surface area (Å²) in [5.74, 6) is 0.929. The van der Waals surface area contributed by atoms with Gasteiger partial charge in [0, 0.05) is 6.54 Å². The van der Waals surface area contributed by atoms with Crippen molar-refractivity contribution < 1.29 is 4.74 Å².